The summed E-state index contributed by atoms with van der Waals surface area (Å²) in [7, 11) is 0.260. The summed E-state index contributed by atoms with van der Waals surface area (Å²) in [5.41, 5.74) is 5.24. The van der Waals surface area contributed by atoms with Gasteiger partial charge in [-0.2, -0.15) is 0 Å². The molecule has 1 heterocycles. The first-order chi connectivity index (χ1) is 8.92. The molecule has 0 saturated carbocycles. The van der Waals surface area contributed by atoms with Crippen molar-refractivity contribution in [1.82, 2.24) is 4.98 Å². The third-order valence-corrected chi connectivity index (χ3v) is 4.04. The van der Waals surface area contributed by atoms with Gasteiger partial charge in [0.15, 0.2) is 5.75 Å². The number of fused-ring (bicyclic) bond motifs is 1. The van der Waals surface area contributed by atoms with Gasteiger partial charge in [-0.3, -0.25) is 4.98 Å². The summed E-state index contributed by atoms with van der Waals surface area (Å²) in [6.45, 7) is 6.71. The first-order valence-corrected chi connectivity index (χ1v) is 10.4. The van der Waals surface area contributed by atoms with E-state index in [2.05, 4.69) is 52.0 Å². The Morgan fingerprint density at radius 1 is 1.32 bits per heavy atom. The highest BCUT2D eigenvalue weighted by Crippen LogP contribution is 2.34. The smallest absolute Gasteiger partial charge is 0.159 e. The summed E-state index contributed by atoms with van der Waals surface area (Å²) in [6.07, 6.45) is 1.77. The minimum atomic E-state index is -1.39. The molecule has 0 fully saturated rings. The first-order valence-electron chi connectivity index (χ1n) is 6.07. The van der Waals surface area contributed by atoms with Crippen LogP contribution in [0, 0.1) is 11.5 Å². The molecule has 0 aliphatic carbocycles. The molecule has 0 N–H and O–H groups in total. The van der Waals surface area contributed by atoms with Crippen LogP contribution in [0.1, 0.15) is 5.56 Å². The summed E-state index contributed by atoms with van der Waals surface area (Å²) >= 11 is 3.53. The predicted molar refractivity (Wildman–Crippen MR) is 86.2 cm³/mol. The summed E-state index contributed by atoms with van der Waals surface area (Å²) < 4.78 is 6.30. The normalized spacial score (nSPS) is 11.0. The molecule has 0 amide bonds. The molecule has 0 bridgehead atoms. The largest absolute Gasteiger partial charge is 0.493 e. The first kappa shape index (κ1) is 14.1. The molecule has 0 spiro atoms. The number of nitrogens with zero attached hydrogens (tertiary/aromatic N) is 1. The monoisotopic (exact) mass is 333 g/mol. The minimum Gasteiger partial charge on any atom is -0.493 e. The number of aromatic nitrogens is 1. The predicted octanol–water partition coefficient (Wildman–Crippen LogP) is 4.23. The molecule has 0 aliphatic heterocycles. The molecule has 0 unspecified atom stereocenters. The molecule has 0 saturated heterocycles. The van der Waals surface area contributed by atoms with Crippen LogP contribution in [0.2, 0.25) is 19.6 Å². The lowest BCUT2D eigenvalue weighted by molar-refractivity contribution is 0.416. The number of ether oxygens (including phenoxy) is 1. The van der Waals surface area contributed by atoms with E-state index in [9.17, 15) is 0 Å². The summed E-state index contributed by atoms with van der Waals surface area (Å²) in [4.78, 5) is 4.41. The molecule has 2 aromatic rings. The van der Waals surface area contributed by atoms with Gasteiger partial charge < -0.3 is 4.74 Å². The third-order valence-electron chi connectivity index (χ3n) is 2.58. The third kappa shape index (κ3) is 3.17. The minimum absolute atomic E-state index is 0.758. The average molecular weight is 334 g/mol. The fourth-order valence-electron chi connectivity index (χ4n) is 1.74. The van der Waals surface area contributed by atoms with Gasteiger partial charge in [-0.15, -0.1) is 5.54 Å². The van der Waals surface area contributed by atoms with Crippen molar-refractivity contribution >= 4 is 34.9 Å². The van der Waals surface area contributed by atoms with Gasteiger partial charge in [0.25, 0.3) is 0 Å². The van der Waals surface area contributed by atoms with Crippen molar-refractivity contribution in [2.45, 2.75) is 19.6 Å². The van der Waals surface area contributed by atoms with Crippen LogP contribution in [0.5, 0.6) is 5.75 Å². The van der Waals surface area contributed by atoms with Gasteiger partial charge in [-0.05, 0) is 34.1 Å². The fraction of sp³-hybridized carbons (Fsp3) is 0.267. The van der Waals surface area contributed by atoms with Crippen molar-refractivity contribution in [3.05, 3.63) is 34.4 Å². The number of halogens is 1. The zero-order valence-electron chi connectivity index (χ0n) is 11.5. The average Bonchev–Trinajstić information content (AvgIpc) is 2.35. The standard InChI is InChI=1S/C15H16BrNOSi/c1-18-15-13(16)10-11(7-9-19(2,3)4)12-6-5-8-17-14(12)15/h5-6,8,10H,1-4H3. The van der Waals surface area contributed by atoms with Gasteiger partial charge in [0, 0.05) is 17.1 Å². The van der Waals surface area contributed by atoms with Crippen molar-refractivity contribution in [3.63, 3.8) is 0 Å². The van der Waals surface area contributed by atoms with Crippen molar-refractivity contribution in [2.24, 2.45) is 0 Å². The van der Waals surface area contributed by atoms with E-state index in [4.69, 9.17) is 4.74 Å². The summed E-state index contributed by atoms with van der Waals surface area (Å²) in [5, 5.41) is 1.04. The molecule has 98 valence electrons. The van der Waals surface area contributed by atoms with Gasteiger partial charge in [-0.1, -0.05) is 25.6 Å². The molecule has 19 heavy (non-hydrogen) atoms. The number of pyridine rings is 1. The SMILES string of the molecule is COc1c(Br)cc(C#C[Si](C)(C)C)c2cccnc12. The highest BCUT2D eigenvalue weighted by atomic mass is 79.9. The number of hydrogen-bond donors (Lipinski definition) is 0. The van der Waals surface area contributed by atoms with Crippen LogP contribution < -0.4 is 4.74 Å². The van der Waals surface area contributed by atoms with E-state index in [1.165, 1.54) is 0 Å². The number of methoxy groups -OCH3 is 1. The van der Waals surface area contributed by atoms with Crippen molar-refractivity contribution in [2.75, 3.05) is 7.11 Å². The second-order valence-corrected chi connectivity index (χ2v) is 10.9. The number of benzene rings is 1. The lowest BCUT2D eigenvalue weighted by Gasteiger charge is -2.09. The Hall–Kier alpha value is -1.31. The van der Waals surface area contributed by atoms with Gasteiger partial charge in [0.1, 0.15) is 13.6 Å². The van der Waals surface area contributed by atoms with Crippen molar-refractivity contribution in [1.29, 1.82) is 0 Å². The van der Waals surface area contributed by atoms with Crippen LogP contribution >= 0.6 is 15.9 Å². The Morgan fingerprint density at radius 2 is 2.05 bits per heavy atom. The lowest BCUT2D eigenvalue weighted by atomic mass is 10.1. The Kier molecular flexibility index (Phi) is 3.98. The highest BCUT2D eigenvalue weighted by molar-refractivity contribution is 9.10. The van der Waals surface area contributed by atoms with E-state index in [-0.39, 0.29) is 0 Å². The van der Waals surface area contributed by atoms with E-state index >= 15 is 0 Å². The maximum atomic E-state index is 5.41. The topological polar surface area (TPSA) is 22.1 Å². The van der Waals surface area contributed by atoms with Gasteiger partial charge in [-0.25, -0.2) is 0 Å². The molecule has 0 aliphatic rings. The van der Waals surface area contributed by atoms with Crippen LogP contribution in [-0.4, -0.2) is 20.2 Å². The van der Waals surface area contributed by atoms with Gasteiger partial charge in [0.05, 0.1) is 11.6 Å². The van der Waals surface area contributed by atoms with E-state index in [1.807, 2.05) is 18.2 Å². The van der Waals surface area contributed by atoms with E-state index in [0.29, 0.717) is 0 Å². The Morgan fingerprint density at radius 3 is 2.68 bits per heavy atom. The zero-order valence-corrected chi connectivity index (χ0v) is 14.1. The van der Waals surface area contributed by atoms with Crippen molar-refractivity contribution in [3.8, 4) is 17.2 Å². The highest BCUT2D eigenvalue weighted by Gasteiger charge is 2.12. The molecule has 4 heteroatoms. The summed E-state index contributed by atoms with van der Waals surface area (Å²) in [5.74, 6) is 4.06. The zero-order chi connectivity index (χ0) is 14.0. The Balaban J connectivity index is 2.72. The lowest BCUT2D eigenvalue weighted by Crippen LogP contribution is -2.16. The molecule has 2 nitrogen and oxygen atoms in total. The fourth-order valence-corrected chi connectivity index (χ4v) is 2.83. The van der Waals surface area contributed by atoms with Crippen LogP contribution in [0.25, 0.3) is 10.9 Å². The van der Waals surface area contributed by atoms with Gasteiger partial charge in [0.2, 0.25) is 0 Å². The van der Waals surface area contributed by atoms with Gasteiger partial charge >= 0.3 is 0 Å². The second kappa shape index (κ2) is 5.36. The number of hydrogen-bond acceptors (Lipinski definition) is 2. The molecule has 0 radical (unpaired) electrons. The van der Waals surface area contributed by atoms with Crippen LogP contribution in [0.4, 0.5) is 0 Å². The van der Waals surface area contributed by atoms with Crippen LogP contribution in [0.15, 0.2) is 28.9 Å². The maximum Gasteiger partial charge on any atom is 0.159 e. The maximum absolute atomic E-state index is 5.41. The second-order valence-electron chi connectivity index (χ2n) is 5.34. The van der Waals surface area contributed by atoms with E-state index in [1.54, 1.807) is 13.3 Å². The van der Waals surface area contributed by atoms with Crippen molar-refractivity contribution < 1.29 is 4.74 Å². The van der Waals surface area contributed by atoms with E-state index < -0.39 is 8.07 Å². The summed E-state index contributed by atoms with van der Waals surface area (Å²) in [6, 6.07) is 5.97. The quantitative estimate of drug-likeness (QED) is 0.575. The van der Waals surface area contributed by atoms with E-state index in [0.717, 1.165) is 26.7 Å². The number of rotatable bonds is 1. The Labute approximate surface area is 123 Å². The molecule has 1 aromatic heterocycles. The molecule has 1 aromatic carbocycles. The molecule has 2 rings (SSSR count). The Bertz CT molecular complexity index is 680. The molecular formula is C15H16BrNOSi. The molecule has 0 atom stereocenters. The van der Waals surface area contributed by atoms with Crippen LogP contribution in [0.3, 0.4) is 0 Å². The molecular weight excluding hydrogens is 318 g/mol. The van der Waals surface area contributed by atoms with Crippen LogP contribution in [-0.2, 0) is 0 Å².